The van der Waals surface area contributed by atoms with Crippen molar-refractivity contribution in [3.05, 3.63) is 0 Å². The molecule has 1 unspecified atom stereocenters. The van der Waals surface area contributed by atoms with Crippen molar-refractivity contribution in [2.75, 3.05) is 46.4 Å². The molecule has 2 saturated heterocycles. The van der Waals surface area contributed by atoms with E-state index in [1.54, 1.807) is 21.8 Å². The lowest BCUT2D eigenvalue weighted by Crippen LogP contribution is -2.52. The van der Waals surface area contributed by atoms with Gasteiger partial charge in [-0.2, -0.15) is 0 Å². The summed E-state index contributed by atoms with van der Waals surface area (Å²) in [5.74, 6) is -0.0566. The molecule has 23 heavy (non-hydrogen) atoms. The highest BCUT2D eigenvalue weighted by Crippen LogP contribution is 2.22. The standard InChI is InChI=1S/C16H27N3O4/c1-12(2)19-11-13(10-15(19)21)16(22)18-7-5-17(6-8-18)14(20)4-9-23-3/h12-13H,4-11H2,1-3H3. The van der Waals surface area contributed by atoms with E-state index in [1.165, 1.54) is 0 Å². The SMILES string of the molecule is COCCC(=O)N1CCN(C(=O)C2CC(=O)N(C(C)C)C2)CC1. The molecule has 2 aliphatic rings. The maximum absolute atomic E-state index is 12.6. The van der Waals surface area contributed by atoms with E-state index in [1.807, 2.05) is 13.8 Å². The number of rotatable bonds is 5. The number of likely N-dealkylation sites (tertiary alicyclic amines) is 1. The highest BCUT2D eigenvalue weighted by Gasteiger charge is 2.38. The number of nitrogens with zero attached hydrogens (tertiary/aromatic N) is 3. The Hall–Kier alpha value is -1.63. The lowest BCUT2D eigenvalue weighted by Gasteiger charge is -2.36. The topological polar surface area (TPSA) is 70.2 Å². The van der Waals surface area contributed by atoms with Crippen LogP contribution in [0.25, 0.3) is 0 Å². The Kier molecular flexibility index (Phi) is 5.98. The van der Waals surface area contributed by atoms with Crippen LogP contribution in [-0.4, -0.2) is 84.9 Å². The fraction of sp³-hybridized carbons (Fsp3) is 0.812. The number of carbonyl (C=O) groups is 3. The van der Waals surface area contributed by atoms with E-state index in [0.717, 1.165) is 0 Å². The molecule has 130 valence electrons. The number of amides is 3. The molecular formula is C16H27N3O4. The maximum Gasteiger partial charge on any atom is 0.228 e. The van der Waals surface area contributed by atoms with Gasteiger partial charge in [-0.05, 0) is 13.8 Å². The lowest BCUT2D eigenvalue weighted by molar-refractivity contribution is -0.142. The molecule has 0 aromatic rings. The van der Waals surface area contributed by atoms with Crippen LogP contribution in [0.1, 0.15) is 26.7 Å². The third-order valence-electron chi connectivity index (χ3n) is 4.60. The van der Waals surface area contributed by atoms with Gasteiger partial charge in [0.25, 0.3) is 0 Å². The number of ether oxygens (including phenoxy) is 1. The van der Waals surface area contributed by atoms with Gasteiger partial charge in [-0.25, -0.2) is 0 Å². The van der Waals surface area contributed by atoms with E-state index in [2.05, 4.69) is 0 Å². The van der Waals surface area contributed by atoms with Gasteiger partial charge in [-0.1, -0.05) is 0 Å². The minimum absolute atomic E-state index is 0.0468. The first kappa shape index (κ1) is 17.7. The van der Waals surface area contributed by atoms with E-state index in [4.69, 9.17) is 4.74 Å². The second-order valence-electron chi connectivity index (χ2n) is 6.49. The summed E-state index contributed by atoms with van der Waals surface area (Å²) in [5.41, 5.74) is 0. The van der Waals surface area contributed by atoms with Crippen LogP contribution in [0.15, 0.2) is 0 Å². The molecule has 0 radical (unpaired) electrons. The smallest absolute Gasteiger partial charge is 0.228 e. The molecule has 0 spiro atoms. The predicted molar refractivity (Wildman–Crippen MR) is 84.6 cm³/mol. The van der Waals surface area contributed by atoms with Gasteiger partial charge in [0.15, 0.2) is 0 Å². The van der Waals surface area contributed by atoms with Crippen molar-refractivity contribution in [2.45, 2.75) is 32.7 Å². The van der Waals surface area contributed by atoms with Crippen LogP contribution in [0.2, 0.25) is 0 Å². The second kappa shape index (κ2) is 7.77. The van der Waals surface area contributed by atoms with E-state index in [9.17, 15) is 14.4 Å². The number of methoxy groups -OCH3 is 1. The zero-order valence-corrected chi connectivity index (χ0v) is 14.3. The Bertz CT molecular complexity index is 458. The molecule has 1 atom stereocenters. The van der Waals surface area contributed by atoms with Gasteiger partial charge in [-0.3, -0.25) is 14.4 Å². The molecule has 2 rings (SSSR count). The molecule has 0 saturated carbocycles. The van der Waals surface area contributed by atoms with Crippen LogP contribution in [0.5, 0.6) is 0 Å². The first-order valence-corrected chi connectivity index (χ1v) is 8.29. The van der Waals surface area contributed by atoms with Gasteiger partial charge >= 0.3 is 0 Å². The summed E-state index contributed by atoms with van der Waals surface area (Å²) in [6.07, 6.45) is 0.689. The highest BCUT2D eigenvalue weighted by atomic mass is 16.5. The zero-order chi connectivity index (χ0) is 17.0. The minimum Gasteiger partial charge on any atom is -0.384 e. The molecule has 0 aromatic carbocycles. The monoisotopic (exact) mass is 325 g/mol. The molecule has 0 aliphatic carbocycles. The molecule has 0 aromatic heterocycles. The van der Waals surface area contributed by atoms with Crippen molar-refractivity contribution in [1.29, 1.82) is 0 Å². The molecule has 0 bridgehead atoms. The van der Waals surface area contributed by atoms with Gasteiger partial charge in [0.1, 0.15) is 0 Å². The third-order valence-corrected chi connectivity index (χ3v) is 4.60. The van der Waals surface area contributed by atoms with Gasteiger partial charge in [0.05, 0.1) is 18.9 Å². The summed E-state index contributed by atoms with van der Waals surface area (Å²) in [5, 5.41) is 0. The van der Waals surface area contributed by atoms with Crippen molar-refractivity contribution < 1.29 is 19.1 Å². The molecule has 7 nitrogen and oxygen atoms in total. The first-order valence-electron chi connectivity index (χ1n) is 8.29. The van der Waals surface area contributed by atoms with Crippen LogP contribution in [0, 0.1) is 5.92 Å². The fourth-order valence-electron chi connectivity index (χ4n) is 3.18. The Morgan fingerprint density at radius 2 is 1.78 bits per heavy atom. The van der Waals surface area contributed by atoms with Crippen LogP contribution >= 0.6 is 0 Å². The second-order valence-corrected chi connectivity index (χ2v) is 6.49. The Balaban J connectivity index is 1.82. The lowest BCUT2D eigenvalue weighted by atomic mass is 10.1. The van der Waals surface area contributed by atoms with Gasteiger partial charge in [0, 0.05) is 52.3 Å². The average Bonchev–Trinajstić information content (AvgIpc) is 2.94. The van der Waals surface area contributed by atoms with E-state index in [0.29, 0.717) is 52.2 Å². The van der Waals surface area contributed by atoms with Crippen LogP contribution in [-0.2, 0) is 19.1 Å². The van der Waals surface area contributed by atoms with Gasteiger partial charge in [-0.15, -0.1) is 0 Å². The summed E-state index contributed by atoms with van der Waals surface area (Å²) in [4.78, 5) is 41.8. The van der Waals surface area contributed by atoms with Gasteiger partial charge < -0.3 is 19.4 Å². The van der Waals surface area contributed by atoms with E-state index < -0.39 is 0 Å². The molecular weight excluding hydrogens is 298 g/mol. The average molecular weight is 325 g/mol. The molecule has 2 fully saturated rings. The number of hydrogen-bond acceptors (Lipinski definition) is 4. The largest absolute Gasteiger partial charge is 0.384 e. The van der Waals surface area contributed by atoms with Crippen molar-refractivity contribution >= 4 is 17.7 Å². The van der Waals surface area contributed by atoms with Gasteiger partial charge in [0.2, 0.25) is 17.7 Å². The van der Waals surface area contributed by atoms with Crippen molar-refractivity contribution in [3.8, 4) is 0 Å². The fourth-order valence-corrected chi connectivity index (χ4v) is 3.18. The zero-order valence-electron chi connectivity index (χ0n) is 14.3. The molecule has 7 heteroatoms. The summed E-state index contributed by atoms with van der Waals surface area (Å²) in [6.45, 7) is 7.08. The highest BCUT2D eigenvalue weighted by molar-refractivity contribution is 5.89. The molecule has 2 heterocycles. The summed E-state index contributed by atoms with van der Waals surface area (Å²) < 4.78 is 4.92. The van der Waals surface area contributed by atoms with E-state index in [-0.39, 0.29) is 29.7 Å². The quantitative estimate of drug-likeness (QED) is 0.711. The summed E-state index contributed by atoms with van der Waals surface area (Å²) >= 11 is 0. The Morgan fingerprint density at radius 1 is 1.17 bits per heavy atom. The van der Waals surface area contributed by atoms with E-state index >= 15 is 0 Å². The molecule has 0 N–H and O–H groups in total. The summed E-state index contributed by atoms with van der Waals surface area (Å²) in [7, 11) is 1.58. The normalized spacial score (nSPS) is 22.2. The van der Waals surface area contributed by atoms with Crippen LogP contribution in [0.4, 0.5) is 0 Å². The Labute approximate surface area is 137 Å². The minimum atomic E-state index is -0.236. The maximum atomic E-state index is 12.6. The van der Waals surface area contributed by atoms with Crippen LogP contribution < -0.4 is 0 Å². The number of piperazine rings is 1. The van der Waals surface area contributed by atoms with Crippen molar-refractivity contribution in [1.82, 2.24) is 14.7 Å². The first-order chi connectivity index (χ1) is 10.9. The Morgan fingerprint density at radius 3 is 2.30 bits per heavy atom. The van der Waals surface area contributed by atoms with Crippen LogP contribution in [0.3, 0.4) is 0 Å². The van der Waals surface area contributed by atoms with Crippen molar-refractivity contribution in [2.24, 2.45) is 5.92 Å². The predicted octanol–water partition coefficient (Wildman–Crippen LogP) is -0.0494. The number of hydrogen-bond donors (Lipinski definition) is 0. The summed E-state index contributed by atoms with van der Waals surface area (Å²) in [6, 6.07) is 0.135. The third kappa shape index (κ3) is 4.22. The number of carbonyl (C=O) groups excluding carboxylic acids is 3. The van der Waals surface area contributed by atoms with Crippen molar-refractivity contribution in [3.63, 3.8) is 0 Å². The molecule has 3 amide bonds. The molecule has 2 aliphatic heterocycles.